The summed E-state index contributed by atoms with van der Waals surface area (Å²) in [5, 5.41) is 3.49. The van der Waals surface area contributed by atoms with Crippen LogP contribution in [0.25, 0.3) is 0 Å². The van der Waals surface area contributed by atoms with Gasteiger partial charge in [-0.15, -0.1) is 0 Å². The van der Waals surface area contributed by atoms with Gasteiger partial charge in [-0.2, -0.15) is 0 Å². The molecule has 1 rings (SSSR count). The monoisotopic (exact) mass is 311 g/mol. The molecule has 1 unspecified atom stereocenters. The Morgan fingerprint density at radius 3 is 2.68 bits per heavy atom. The lowest BCUT2D eigenvalue weighted by atomic mass is 9.93. The molecule has 0 aliphatic carbocycles. The number of hydrogen-bond donors (Lipinski definition) is 2. The molecule has 1 aliphatic heterocycles. The van der Waals surface area contributed by atoms with E-state index in [1.54, 1.807) is 0 Å². The molecule has 22 heavy (non-hydrogen) atoms. The number of amides is 1. The number of nitrogens with zero attached hydrogens (tertiary/aromatic N) is 3. The lowest BCUT2D eigenvalue weighted by Crippen LogP contribution is -2.50. The molecule has 0 aromatic heterocycles. The molecule has 0 bridgehead atoms. The molecule has 1 saturated heterocycles. The number of nitrogens with one attached hydrogen (secondary N) is 1. The summed E-state index contributed by atoms with van der Waals surface area (Å²) in [5.41, 5.74) is 5.50. The van der Waals surface area contributed by atoms with Crippen molar-refractivity contribution >= 4 is 11.9 Å². The lowest BCUT2D eigenvalue weighted by molar-refractivity contribution is -0.119. The topological polar surface area (TPSA) is 74.0 Å². The van der Waals surface area contributed by atoms with E-state index in [0.29, 0.717) is 12.3 Å². The summed E-state index contributed by atoms with van der Waals surface area (Å²) >= 11 is 0. The van der Waals surface area contributed by atoms with E-state index >= 15 is 0 Å². The van der Waals surface area contributed by atoms with Crippen LogP contribution in [0, 0.1) is 11.3 Å². The normalized spacial score (nSPS) is 20.4. The number of rotatable bonds is 6. The van der Waals surface area contributed by atoms with Gasteiger partial charge in [-0.3, -0.25) is 9.79 Å². The maximum atomic E-state index is 11.1. The Bertz CT molecular complexity index is 392. The van der Waals surface area contributed by atoms with Gasteiger partial charge < -0.3 is 20.9 Å². The smallest absolute Gasteiger partial charge is 0.217 e. The van der Waals surface area contributed by atoms with E-state index in [-0.39, 0.29) is 11.3 Å². The van der Waals surface area contributed by atoms with Crippen LogP contribution in [-0.2, 0) is 4.79 Å². The number of aliphatic imine (C=N–C) groups is 1. The Morgan fingerprint density at radius 2 is 2.14 bits per heavy atom. The van der Waals surface area contributed by atoms with Crippen molar-refractivity contribution in [3.8, 4) is 0 Å². The third-order valence-corrected chi connectivity index (χ3v) is 3.99. The van der Waals surface area contributed by atoms with Crippen LogP contribution < -0.4 is 11.1 Å². The van der Waals surface area contributed by atoms with E-state index in [1.807, 2.05) is 7.05 Å². The molecule has 128 valence electrons. The zero-order valence-corrected chi connectivity index (χ0v) is 14.9. The number of piperidine rings is 1. The van der Waals surface area contributed by atoms with Gasteiger partial charge in [-0.1, -0.05) is 13.8 Å². The van der Waals surface area contributed by atoms with Gasteiger partial charge in [0, 0.05) is 39.6 Å². The van der Waals surface area contributed by atoms with E-state index in [1.165, 1.54) is 0 Å². The molecular formula is C16H33N5O. The highest BCUT2D eigenvalue weighted by molar-refractivity contribution is 5.80. The molecule has 1 fully saturated rings. The summed E-state index contributed by atoms with van der Waals surface area (Å²) in [6.07, 6.45) is 2.63. The van der Waals surface area contributed by atoms with E-state index in [9.17, 15) is 4.79 Å². The van der Waals surface area contributed by atoms with Crippen LogP contribution in [0.15, 0.2) is 4.99 Å². The standard InChI is InChI=1S/C16H33N5O/c1-16(2,12-20(4)5)11-19-15(18-3)21-8-6-7-13(10-21)9-14(17)22/h13H,6-12H2,1-5H3,(H2,17,22)(H,18,19). The fraction of sp³-hybridized carbons (Fsp3) is 0.875. The number of guanidine groups is 1. The van der Waals surface area contributed by atoms with E-state index < -0.39 is 0 Å². The van der Waals surface area contributed by atoms with Crippen LogP contribution in [0.4, 0.5) is 0 Å². The first-order valence-electron chi connectivity index (χ1n) is 8.12. The van der Waals surface area contributed by atoms with Gasteiger partial charge in [0.2, 0.25) is 5.91 Å². The molecule has 1 heterocycles. The van der Waals surface area contributed by atoms with Crippen molar-refractivity contribution < 1.29 is 4.79 Å². The van der Waals surface area contributed by atoms with Crippen molar-refractivity contribution in [3.05, 3.63) is 0 Å². The molecular weight excluding hydrogens is 278 g/mol. The second-order valence-electron chi connectivity index (χ2n) is 7.43. The molecule has 1 amide bonds. The zero-order valence-electron chi connectivity index (χ0n) is 14.9. The average molecular weight is 311 g/mol. The Balaban J connectivity index is 2.55. The van der Waals surface area contributed by atoms with E-state index in [2.05, 4.69) is 48.1 Å². The van der Waals surface area contributed by atoms with Gasteiger partial charge in [0.05, 0.1) is 0 Å². The number of carbonyl (C=O) groups is 1. The molecule has 0 aromatic rings. The van der Waals surface area contributed by atoms with Crippen LogP contribution in [-0.4, -0.2) is 69.0 Å². The third kappa shape index (κ3) is 6.64. The van der Waals surface area contributed by atoms with Crippen LogP contribution in [0.3, 0.4) is 0 Å². The maximum absolute atomic E-state index is 11.1. The number of carbonyl (C=O) groups excluding carboxylic acids is 1. The highest BCUT2D eigenvalue weighted by Gasteiger charge is 2.25. The van der Waals surface area contributed by atoms with Gasteiger partial charge in [-0.25, -0.2) is 0 Å². The maximum Gasteiger partial charge on any atom is 0.217 e. The largest absolute Gasteiger partial charge is 0.370 e. The van der Waals surface area contributed by atoms with Crippen molar-refractivity contribution in [2.24, 2.45) is 22.1 Å². The fourth-order valence-electron chi connectivity index (χ4n) is 3.27. The minimum Gasteiger partial charge on any atom is -0.370 e. The summed E-state index contributed by atoms with van der Waals surface area (Å²) in [4.78, 5) is 20.0. The van der Waals surface area contributed by atoms with Crippen LogP contribution in [0.1, 0.15) is 33.1 Å². The predicted molar refractivity (Wildman–Crippen MR) is 91.8 cm³/mol. The number of likely N-dealkylation sites (tertiary alicyclic amines) is 1. The number of primary amides is 1. The minimum atomic E-state index is -0.207. The van der Waals surface area contributed by atoms with E-state index in [0.717, 1.165) is 45.0 Å². The first-order chi connectivity index (χ1) is 10.2. The number of nitrogens with two attached hydrogens (primary N) is 1. The Hall–Kier alpha value is -1.30. The summed E-state index contributed by atoms with van der Waals surface area (Å²) in [5.74, 6) is 1.07. The van der Waals surface area contributed by atoms with E-state index in [4.69, 9.17) is 5.73 Å². The Morgan fingerprint density at radius 1 is 1.45 bits per heavy atom. The van der Waals surface area contributed by atoms with Crippen LogP contribution in [0.5, 0.6) is 0 Å². The van der Waals surface area contributed by atoms with Crippen molar-refractivity contribution in [2.45, 2.75) is 33.1 Å². The molecule has 0 radical (unpaired) electrons. The molecule has 6 nitrogen and oxygen atoms in total. The average Bonchev–Trinajstić information content (AvgIpc) is 2.37. The van der Waals surface area contributed by atoms with Crippen LogP contribution >= 0.6 is 0 Å². The molecule has 3 N–H and O–H groups in total. The van der Waals surface area contributed by atoms with Crippen molar-refractivity contribution in [1.29, 1.82) is 0 Å². The Labute approximate surface area is 135 Å². The van der Waals surface area contributed by atoms with Gasteiger partial charge >= 0.3 is 0 Å². The summed E-state index contributed by atoms with van der Waals surface area (Å²) < 4.78 is 0. The second kappa shape index (κ2) is 8.36. The lowest BCUT2D eigenvalue weighted by Gasteiger charge is -2.36. The van der Waals surface area contributed by atoms with Crippen molar-refractivity contribution in [2.75, 3.05) is 47.3 Å². The number of hydrogen-bond acceptors (Lipinski definition) is 3. The summed E-state index contributed by atoms with van der Waals surface area (Å²) in [7, 11) is 6.00. The third-order valence-electron chi connectivity index (χ3n) is 3.99. The predicted octanol–water partition coefficient (Wildman–Crippen LogP) is 0.737. The van der Waals surface area contributed by atoms with Crippen molar-refractivity contribution in [3.63, 3.8) is 0 Å². The molecule has 0 spiro atoms. The molecule has 1 aliphatic rings. The zero-order chi connectivity index (χ0) is 16.8. The van der Waals surface area contributed by atoms with Gasteiger partial charge in [-0.05, 0) is 38.3 Å². The Kier molecular flexibility index (Phi) is 7.13. The van der Waals surface area contributed by atoms with Gasteiger partial charge in [0.25, 0.3) is 0 Å². The highest BCUT2D eigenvalue weighted by atomic mass is 16.1. The molecule has 1 atom stereocenters. The highest BCUT2D eigenvalue weighted by Crippen LogP contribution is 2.20. The quantitative estimate of drug-likeness (QED) is 0.560. The second-order valence-corrected chi connectivity index (χ2v) is 7.43. The molecule has 6 heteroatoms. The SMILES string of the molecule is CN=C(NCC(C)(C)CN(C)C)N1CCCC(CC(N)=O)C1. The first-order valence-corrected chi connectivity index (χ1v) is 8.12. The fourth-order valence-corrected chi connectivity index (χ4v) is 3.27. The van der Waals surface area contributed by atoms with Gasteiger partial charge in [0.15, 0.2) is 5.96 Å². The summed E-state index contributed by atoms with van der Waals surface area (Å²) in [6, 6.07) is 0. The van der Waals surface area contributed by atoms with Gasteiger partial charge in [0.1, 0.15) is 0 Å². The minimum absolute atomic E-state index is 0.169. The summed E-state index contributed by atoms with van der Waals surface area (Å²) in [6.45, 7) is 8.23. The first kappa shape index (κ1) is 18.7. The van der Waals surface area contributed by atoms with Crippen molar-refractivity contribution in [1.82, 2.24) is 15.1 Å². The van der Waals surface area contributed by atoms with Crippen LogP contribution in [0.2, 0.25) is 0 Å². The molecule has 0 aromatic carbocycles. The molecule has 0 saturated carbocycles.